The fourth-order valence-corrected chi connectivity index (χ4v) is 8.78. The highest BCUT2D eigenvalue weighted by Crippen LogP contribution is 2.43. The van der Waals surface area contributed by atoms with Crippen LogP contribution in [0.2, 0.25) is 0 Å². The van der Waals surface area contributed by atoms with Gasteiger partial charge in [-0.2, -0.15) is 0 Å². The minimum atomic E-state index is 0.905. The van der Waals surface area contributed by atoms with E-state index in [1.165, 1.54) is 32.7 Å². The Balaban J connectivity index is 0.999. The van der Waals surface area contributed by atoms with Gasteiger partial charge in [0.05, 0.1) is 5.69 Å². The molecule has 0 radical (unpaired) electrons. The highest BCUT2D eigenvalue weighted by Gasteiger charge is 2.19. The van der Waals surface area contributed by atoms with Crippen molar-refractivity contribution in [3.8, 4) is 33.4 Å². The molecule has 11 rings (SSSR count). The number of nitrogens with zero attached hydrogens (tertiary/aromatic N) is 2. The second-order valence-corrected chi connectivity index (χ2v) is 15.4. The predicted octanol–water partition coefficient (Wildman–Crippen LogP) is 16.1. The van der Waals surface area contributed by atoms with Gasteiger partial charge in [0.1, 0.15) is 11.2 Å². The third-order valence-electron chi connectivity index (χ3n) is 11.9. The minimum absolute atomic E-state index is 0.905. The molecule has 0 unspecified atom stereocenters. The van der Waals surface area contributed by atoms with Crippen molar-refractivity contribution in [2.24, 2.45) is 0 Å². The van der Waals surface area contributed by atoms with Crippen LogP contribution in [0.5, 0.6) is 0 Å². The highest BCUT2D eigenvalue weighted by atomic mass is 16.3. The molecule has 0 aliphatic heterocycles. The molecule has 3 heteroatoms. The molecule has 284 valence electrons. The first-order valence-electron chi connectivity index (χ1n) is 20.5. The summed E-state index contributed by atoms with van der Waals surface area (Å²) in [5.74, 6) is 0. The number of hydrogen-bond acceptors (Lipinski definition) is 3. The van der Waals surface area contributed by atoms with Gasteiger partial charge in [-0.3, -0.25) is 0 Å². The lowest BCUT2D eigenvalue weighted by molar-refractivity contribution is 0.670. The largest absolute Gasteiger partial charge is 0.455 e. The predicted molar refractivity (Wildman–Crippen MR) is 254 cm³/mol. The van der Waals surface area contributed by atoms with Crippen LogP contribution in [0.15, 0.2) is 229 Å². The Bertz CT molecular complexity index is 3320. The number of hydrogen-bond donors (Lipinski definition) is 0. The maximum Gasteiger partial charge on any atom is 0.143 e. The molecule has 0 saturated carbocycles. The fourth-order valence-electron chi connectivity index (χ4n) is 8.78. The van der Waals surface area contributed by atoms with E-state index in [0.717, 1.165) is 72.6 Å². The minimum Gasteiger partial charge on any atom is -0.455 e. The van der Waals surface area contributed by atoms with Gasteiger partial charge in [0.15, 0.2) is 0 Å². The smallest absolute Gasteiger partial charge is 0.143 e. The Labute approximate surface area is 349 Å². The van der Waals surface area contributed by atoms with E-state index in [1.54, 1.807) is 0 Å². The number of benzene rings is 10. The van der Waals surface area contributed by atoms with Crippen LogP contribution in [0.25, 0.3) is 76.9 Å². The average Bonchev–Trinajstić information content (AvgIpc) is 3.71. The molecule has 0 fully saturated rings. The van der Waals surface area contributed by atoms with Crippen LogP contribution < -0.4 is 9.80 Å². The van der Waals surface area contributed by atoms with Crippen molar-refractivity contribution < 1.29 is 4.42 Å². The molecule has 60 heavy (non-hydrogen) atoms. The summed E-state index contributed by atoms with van der Waals surface area (Å²) < 4.78 is 6.43. The molecule has 0 N–H and O–H groups in total. The van der Waals surface area contributed by atoms with E-state index >= 15 is 0 Å². The summed E-state index contributed by atoms with van der Waals surface area (Å²) in [4.78, 5) is 4.65. The molecule has 3 nitrogen and oxygen atoms in total. The zero-order valence-electron chi connectivity index (χ0n) is 33.2. The van der Waals surface area contributed by atoms with Gasteiger partial charge in [0, 0.05) is 57.1 Å². The van der Waals surface area contributed by atoms with Gasteiger partial charge >= 0.3 is 0 Å². The van der Waals surface area contributed by atoms with E-state index in [0.29, 0.717) is 0 Å². The number of rotatable bonds is 8. The molecule has 0 spiro atoms. The van der Waals surface area contributed by atoms with Gasteiger partial charge in [-0.25, -0.2) is 0 Å². The Morgan fingerprint density at radius 3 is 1.73 bits per heavy atom. The van der Waals surface area contributed by atoms with E-state index in [-0.39, 0.29) is 0 Å². The lowest BCUT2D eigenvalue weighted by Gasteiger charge is -2.27. The van der Waals surface area contributed by atoms with E-state index in [2.05, 4.69) is 229 Å². The van der Waals surface area contributed by atoms with Gasteiger partial charge in [-0.15, -0.1) is 0 Å². The van der Waals surface area contributed by atoms with Crippen LogP contribution in [0.4, 0.5) is 28.4 Å². The van der Waals surface area contributed by atoms with Crippen molar-refractivity contribution in [2.45, 2.75) is 0 Å². The van der Waals surface area contributed by atoms with E-state index in [4.69, 9.17) is 4.42 Å². The van der Waals surface area contributed by atoms with Gasteiger partial charge in [0.2, 0.25) is 0 Å². The van der Waals surface area contributed by atoms with Crippen LogP contribution in [0.3, 0.4) is 0 Å². The summed E-state index contributed by atoms with van der Waals surface area (Å²) in [7, 11) is 2.15. The monoisotopic (exact) mass is 768 g/mol. The molecule has 0 aliphatic carbocycles. The van der Waals surface area contributed by atoms with E-state index in [1.807, 2.05) is 12.1 Å². The second-order valence-electron chi connectivity index (χ2n) is 15.4. The molecule has 1 aromatic heterocycles. The molecular formula is C57H40N2O. The summed E-state index contributed by atoms with van der Waals surface area (Å²) in [6.45, 7) is 0. The number of furan rings is 1. The van der Waals surface area contributed by atoms with Gasteiger partial charge in [-0.1, -0.05) is 158 Å². The first kappa shape index (κ1) is 35.3. The highest BCUT2D eigenvalue weighted by molar-refractivity contribution is 6.09. The normalized spacial score (nSPS) is 11.4. The molecule has 1 heterocycles. The molecule has 11 aromatic rings. The Kier molecular flexibility index (Phi) is 8.71. The zero-order chi connectivity index (χ0) is 40.0. The summed E-state index contributed by atoms with van der Waals surface area (Å²) in [6, 6.07) is 80.5. The maximum atomic E-state index is 6.43. The summed E-state index contributed by atoms with van der Waals surface area (Å²) in [5, 5.41) is 7.12. The lowest BCUT2D eigenvalue weighted by Crippen LogP contribution is -2.11. The molecule has 10 aromatic carbocycles. The van der Waals surface area contributed by atoms with Crippen LogP contribution >= 0.6 is 0 Å². The fraction of sp³-hybridized carbons (Fsp3) is 0.0175. The molecule has 0 saturated heterocycles. The van der Waals surface area contributed by atoms with Crippen molar-refractivity contribution in [3.63, 3.8) is 0 Å². The van der Waals surface area contributed by atoms with Gasteiger partial charge in [0.25, 0.3) is 0 Å². The van der Waals surface area contributed by atoms with Gasteiger partial charge < -0.3 is 14.2 Å². The lowest BCUT2D eigenvalue weighted by atomic mass is 9.95. The summed E-state index contributed by atoms with van der Waals surface area (Å²) in [6.07, 6.45) is 0. The number of para-hydroxylation sites is 3. The Hall–Kier alpha value is -7.88. The molecular weight excluding hydrogens is 729 g/mol. The van der Waals surface area contributed by atoms with Crippen molar-refractivity contribution in [1.82, 2.24) is 0 Å². The van der Waals surface area contributed by atoms with Gasteiger partial charge in [-0.05, 0) is 105 Å². The zero-order valence-corrected chi connectivity index (χ0v) is 33.2. The standard InChI is InChI=1S/C57H40N2O/c1-58(46-17-3-2-4-18-46)54-36-31-44(38-53(54)45-26-25-39-13-5-6-15-43(39)37-45)40-27-32-47(33-28-40)59(55-23-11-16-41-14-7-8-19-49(41)55)48-34-29-42(30-35-48)50-21-12-22-52-51-20-9-10-24-56(51)60-57(50)52/h2-38H,1H3. The molecule has 0 aliphatic rings. The summed E-state index contributed by atoms with van der Waals surface area (Å²) in [5.41, 5.74) is 14.3. The first-order chi connectivity index (χ1) is 29.7. The third kappa shape index (κ3) is 6.25. The second kappa shape index (κ2) is 14.8. The first-order valence-corrected chi connectivity index (χ1v) is 20.5. The SMILES string of the molecule is CN(c1ccccc1)c1ccc(-c2ccc(N(c3ccc(-c4cccc5c4oc4ccccc45)cc3)c3cccc4ccccc34)cc2)cc1-c1ccc2ccccc2c1. The van der Waals surface area contributed by atoms with Crippen molar-refractivity contribution in [2.75, 3.05) is 16.8 Å². The van der Waals surface area contributed by atoms with Crippen LogP contribution in [-0.4, -0.2) is 7.05 Å². The van der Waals surface area contributed by atoms with Crippen LogP contribution in [0.1, 0.15) is 0 Å². The Morgan fingerprint density at radius 2 is 0.933 bits per heavy atom. The maximum absolute atomic E-state index is 6.43. The molecule has 0 atom stereocenters. The van der Waals surface area contributed by atoms with Crippen molar-refractivity contribution in [3.05, 3.63) is 224 Å². The quantitative estimate of drug-likeness (QED) is 0.153. The van der Waals surface area contributed by atoms with Crippen molar-refractivity contribution >= 4 is 71.9 Å². The average molecular weight is 769 g/mol. The number of fused-ring (bicyclic) bond motifs is 5. The van der Waals surface area contributed by atoms with E-state index in [9.17, 15) is 0 Å². The topological polar surface area (TPSA) is 19.6 Å². The van der Waals surface area contributed by atoms with Crippen molar-refractivity contribution in [1.29, 1.82) is 0 Å². The third-order valence-corrected chi connectivity index (χ3v) is 11.9. The van der Waals surface area contributed by atoms with E-state index < -0.39 is 0 Å². The van der Waals surface area contributed by atoms with Crippen LogP contribution in [-0.2, 0) is 0 Å². The number of anilines is 5. The van der Waals surface area contributed by atoms with Crippen LogP contribution in [0, 0.1) is 0 Å². The summed E-state index contributed by atoms with van der Waals surface area (Å²) >= 11 is 0. The molecule has 0 bridgehead atoms. The molecule has 0 amide bonds. The Morgan fingerprint density at radius 1 is 0.333 bits per heavy atom.